The number of hydrogen-bond donors (Lipinski definition) is 1. The van der Waals surface area contributed by atoms with Gasteiger partial charge in [0.15, 0.2) is 17.0 Å². The average Bonchev–Trinajstić information content (AvgIpc) is 3.48. The Bertz CT molecular complexity index is 1500. The number of imidazole rings is 2. The highest BCUT2D eigenvalue weighted by Crippen LogP contribution is 2.31. The Balaban J connectivity index is 1.32. The van der Waals surface area contributed by atoms with Gasteiger partial charge >= 0.3 is 5.69 Å². The van der Waals surface area contributed by atoms with E-state index in [1.165, 1.54) is 0 Å². The Morgan fingerprint density at radius 3 is 2.75 bits per heavy atom. The molecular formula is C21H22N10O. The zero-order valence-corrected chi connectivity index (χ0v) is 17.8. The number of hydrogen-bond acceptors (Lipinski definition) is 7. The summed E-state index contributed by atoms with van der Waals surface area (Å²) in [6.07, 6.45) is 10.4. The van der Waals surface area contributed by atoms with E-state index >= 15 is 0 Å². The Kier molecular flexibility index (Phi) is 4.10. The van der Waals surface area contributed by atoms with Crippen molar-refractivity contribution in [3.8, 4) is 11.4 Å². The van der Waals surface area contributed by atoms with Crippen LogP contribution in [0.3, 0.4) is 0 Å². The maximum absolute atomic E-state index is 12.6. The third kappa shape index (κ3) is 2.81. The maximum Gasteiger partial charge on any atom is 0.326 e. The van der Waals surface area contributed by atoms with E-state index < -0.39 is 0 Å². The Morgan fingerprint density at radius 2 is 1.97 bits per heavy atom. The van der Waals surface area contributed by atoms with Crippen LogP contribution in [0.15, 0.2) is 42.0 Å². The number of aryl methyl sites for hydroxylation is 2. The first-order chi connectivity index (χ1) is 15.6. The molecule has 0 amide bonds. The minimum Gasteiger partial charge on any atom is -0.355 e. The maximum atomic E-state index is 12.6. The van der Waals surface area contributed by atoms with Crippen LogP contribution >= 0.6 is 0 Å². The normalized spacial score (nSPS) is 15.2. The SMILES string of the molecule is Cn1cc(-c2nc3c(N4CCC(n5c(=O)[nH]c6cnccc65)CC4)ncnc3n2C)cn1. The Morgan fingerprint density at radius 1 is 1.12 bits per heavy atom. The van der Waals surface area contributed by atoms with Gasteiger partial charge in [-0.25, -0.2) is 19.7 Å². The number of anilines is 1. The molecule has 162 valence electrons. The summed E-state index contributed by atoms with van der Waals surface area (Å²) in [5, 5.41) is 4.26. The number of piperidine rings is 1. The Hall–Kier alpha value is -4.02. The molecule has 6 rings (SSSR count). The summed E-state index contributed by atoms with van der Waals surface area (Å²) in [4.78, 5) is 35.7. The number of pyridine rings is 1. The number of aromatic nitrogens is 9. The molecule has 11 nitrogen and oxygen atoms in total. The molecule has 5 aromatic rings. The lowest BCUT2D eigenvalue weighted by molar-refractivity contribution is 0.395. The molecule has 1 fully saturated rings. The van der Waals surface area contributed by atoms with Crippen molar-refractivity contribution in [3.63, 3.8) is 0 Å². The predicted molar refractivity (Wildman–Crippen MR) is 119 cm³/mol. The molecule has 1 saturated heterocycles. The fraction of sp³-hybridized carbons (Fsp3) is 0.333. The van der Waals surface area contributed by atoms with Crippen molar-refractivity contribution < 1.29 is 0 Å². The number of rotatable bonds is 3. The molecule has 5 aromatic heterocycles. The molecule has 0 saturated carbocycles. The number of nitrogens with one attached hydrogen (secondary N) is 1. The zero-order valence-electron chi connectivity index (χ0n) is 17.8. The lowest BCUT2D eigenvalue weighted by atomic mass is 10.0. The zero-order chi connectivity index (χ0) is 21.8. The quantitative estimate of drug-likeness (QED) is 0.463. The van der Waals surface area contributed by atoms with Crippen LogP contribution in [0.5, 0.6) is 0 Å². The molecule has 0 unspecified atom stereocenters. The number of fused-ring (bicyclic) bond motifs is 2. The van der Waals surface area contributed by atoms with Crippen LogP contribution in [0.1, 0.15) is 18.9 Å². The van der Waals surface area contributed by atoms with Crippen molar-refractivity contribution in [1.82, 2.24) is 43.8 Å². The van der Waals surface area contributed by atoms with E-state index in [0.717, 1.165) is 65.3 Å². The topological polar surface area (TPSA) is 115 Å². The highest BCUT2D eigenvalue weighted by atomic mass is 16.1. The minimum absolute atomic E-state index is 0.0817. The van der Waals surface area contributed by atoms with Gasteiger partial charge in [-0.15, -0.1) is 0 Å². The van der Waals surface area contributed by atoms with Gasteiger partial charge in [0.1, 0.15) is 12.2 Å². The molecule has 0 aromatic carbocycles. The van der Waals surface area contributed by atoms with Gasteiger partial charge < -0.3 is 14.5 Å². The minimum atomic E-state index is -0.0817. The lowest BCUT2D eigenvalue weighted by Gasteiger charge is -2.33. The number of H-pyrrole nitrogens is 1. The second-order valence-electron chi connectivity index (χ2n) is 8.18. The first kappa shape index (κ1) is 18.7. The van der Waals surface area contributed by atoms with E-state index in [4.69, 9.17) is 4.98 Å². The van der Waals surface area contributed by atoms with Crippen molar-refractivity contribution in [3.05, 3.63) is 47.7 Å². The van der Waals surface area contributed by atoms with E-state index in [9.17, 15) is 4.79 Å². The number of nitrogens with zero attached hydrogens (tertiary/aromatic N) is 9. The van der Waals surface area contributed by atoms with Gasteiger partial charge in [0.2, 0.25) is 0 Å². The van der Waals surface area contributed by atoms with Crippen molar-refractivity contribution >= 4 is 28.0 Å². The van der Waals surface area contributed by atoms with Crippen molar-refractivity contribution in [2.45, 2.75) is 18.9 Å². The fourth-order valence-corrected chi connectivity index (χ4v) is 4.69. The third-order valence-electron chi connectivity index (χ3n) is 6.25. The summed E-state index contributed by atoms with van der Waals surface area (Å²) in [6.45, 7) is 1.56. The van der Waals surface area contributed by atoms with E-state index in [1.54, 1.807) is 29.6 Å². The van der Waals surface area contributed by atoms with Gasteiger partial charge in [0.05, 0.1) is 29.0 Å². The largest absolute Gasteiger partial charge is 0.355 e. The van der Waals surface area contributed by atoms with Gasteiger partial charge in [-0.1, -0.05) is 0 Å². The Labute approximate surface area is 182 Å². The second-order valence-corrected chi connectivity index (χ2v) is 8.18. The molecule has 1 aliphatic rings. The fourth-order valence-electron chi connectivity index (χ4n) is 4.69. The first-order valence-electron chi connectivity index (χ1n) is 10.6. The van der Waals surface area contributed by atoms with E-state index in [-0.39, 0.29) is 11.7 Å². The molecule has 1 N–H and O–H groups in total. The van der Waals surface area contributed by atoms with E-state index in [0.29, 0.717) is 0 Å². The van der Waals surface area contributed by atoms with Crippen LogP contribution in [-0.2, 0) is 14.1 Å². The summed E-state index contributed by atoms with van der Waals surface area (Å²) < 4.78 is 5.60. The standard InChI is InChI=1S/C21H22N10O/c1-28-11-13(9-25-28)18-27-17-19(29(18)2)23-12-24-20(17)30-7-4-14(5-8-30)31-16-3-6-22-10-15(16)26-21(31)32/h3,6,9-12,14H,4-5,7-8H2,1-2H3,(H,26,32). The molecule has 0 spiro atoms. The summed E-state index contributed by atoms with van der Waals surface area (Å²) in [5.41, 5.74) is 4.10. The van der Waals surface area contributed by atoms with Crippen LogP contribution in [-0.4, -0.2) is 56.9 Å². The van der Waals surface area contributed by atoms with E-state index in [2.05, 4.69) is 29.9 Å². The molecule has 11 heteroatoms. The van der Waals surface area contributed by atoms with Crippen LogP contribution in [0.2, 0.25) is 0 Å². The van der Waals surface area contributed by atoms with Gasteiger partial charge in [0, 0.05) is 45.6 Å². The monoisotopic (exact) mass is 430 g/mol. The molecule has 32 heavy (non-hydrogen) atoms. The van der Waals surface area contributed by atoms with Crippen LogP contribution in [0.25, 0.3) is 33.6 Å². The first-order valence-corrected chi connectivity index (χ1v) is 10.6. The summed E-state index contributed by atoms with van der Waals surface area (Å²) in [7, 11) is 3.84. The van der Waals surface area contributed by atoms with Crippen molar-refractivity contribution in [2.75, 3.05) is 18.0 Å². The van der Waals surface area contributed by atoms with E-state index in [1.807, 2.05) is 35.5 Å². The third-order valence-corrected chi connectivity index (χ3v) is 6.25. The molecular weight excluding hydrogens is 408 g/mol. The number of aromatic amines is 1. The molecule has 0 radical (unpaired) electrons. The van der Waals surface area contributed by atoms with Gasteiger partial charge in [0.25, 0.3) is 0 Å². The van der Waals surface area contributed by atoms with Crippen LogP contribution < -0.4 is 10.6 Å². The second kappa shape index (κ2) is 7.01. The molecule has 0 aliphatic carbocycles. The molecule has 6 heterocycles. The lowest BCUT2D eigenvalue weighted by Crippen LogP contribution is -2.37. The van der Waals surface area contributed by atoms with Crippen molar-refractivity contribution in [2.24, 2.45) is 14.1 Å². The highest BCUT2D eigenvalue weighted by Gasteiger charge is 2.27. The molecule has 1 aliphatic heterocycles. The smallest absolute Gasteiger partial charge is 0.326 e. The van der Waals surface area contributed by atoms with Crippen molar-refractivity contribution in [1.29, 1.82) is 0 Å². The van der Waals surface area contributed by atoms with Gasteiger partial charge in [-0.2, -0.15) is 5.10 Å². The van der Waals surface area contributed by atoms with Gasteiger partial charge in [-0.05, 0) is 18.9 Å². The van der Waals surface area contributed by atoms with Crippen LogP contribution in [0, 0.1) is 0 Å². The predicted octanol–water partition coefficient (Wildman–Crippen LogP) is 1.64. The molecule has 0 atom stereocenters. The summed E-state index contributed by atoms with van der Waals surface area (Å²) in [6, 6.07) is 2.02. The highest BCUT2D eigenvalue weighted by molar-refractivity contribution is 5.86. The molecule has 0 bridgehead atoms. The van der Waals surface area contributed by atoms with Crippen LogP contribution in [0.4, 0.5) is 5.82 Å². The average molecular weight is 430 g/mol. The summed E-state index contributed by atoms with van der Waals surface area (Å²) >= 11 is 0. The summed E-state index contributed by atoms with van der Waals surface area (Å²) in [5.74, 6) is 1.64. The van der Waals surface area contributed by atoms with Gasteiger partial charge in [-0.3, -0.25) is 14.2 Å².